The smallest absolute Gasteiger partial charge is 0.255 e. The van der Waals surface area contributed by atoms with Crippen LogP contribution in [-0.2, 0) is 4.79 Å². The number of nitrogens with one attached hydrogen (secondary N) is 2. The molecule has 0 aromatic heterocycles. The second kappa shape index (κ2) is 11.5. The van der Waals surface area contributed by atoms with E-state index >= 15 is 0 Å². The van der Waals surface area contributed by atoms with Gasteiger partial charge in [0, 0.05) is 13.0 Å². The number of para-hydroxylation sites is 1. The normalized spacial score (nSPS) is 10.2. The van der Waals surface area contributed by atoms with E-state index in [1.165, 1.54) is 0 Å². The van der Waals surface area contributed by atoms with Crippen molar-refractivity contribution >= 4 is 11.8 Å². The van der Waals surface area contributed by atoms with Gasteiger partial charge in [0.1, 0.15) is 5.75 Å². The number of hydrogen-bond acceptors (Lipinski definition) is 4. The lowest BCUT2D eigenvalue weighted by Gasteiger charge is -2.11. The Kier molecular flexibility index (Phi) is 9.47. The van der Waals surface area contributed by atoms with Gasteiger partial charge in [0.2, 0.25) is 5.91 Å². The molecule has 6 heteroatoms. The number of hydrogen-bond donors (Lipinski definition) is 3. The van der Waals surface area contributed by atoms with Crippen molar-refractivity contribution in [3.63, 3.8) is 0 Å². The predicted molar refractivity (Wildman–Crippen MR) is 90.0 cm³/mol. The minimum atomic E-state index is -0.160. The van der Waals surface area contributed by atoms with Gasteiger partial charge >= 0.3 is 0 Å². The lowest BCUT2D eigenvalue weighted by atomic mass is 10.1. The second-order valence-corrected chi connectivity index (χ2v) is 5.33. The molecule has 0 heterocycles. The minimum absolute atomic E-state index is 0.128. The first kappa shape index (κ1) is 19.0. The van der Waals surface area contributed by atoms with Gasteiger partial charge in [0.15, 0.2) is 0 Å². The van der Waals surface area contributed by atoms with Gasteiger partial charge in [-0.2, -0.15) is 0 Å². The molecule has 0 fully saturated rings. The Morgan fingerprint density at radius 3 is 2.65 bits per heavy atom. The molecule has 0 radical (unpaired) electrons. The Bertz CT molecular complexity index is 492. The predicted octanol–water partition coefficient (Wildman–Crippen LogP) is 2.15. The van der Waals surface area contributed by atoms with Crippen LogP contribution in [-0.4, -0.2) is 25.0 Å². The fourth-order valence-electron chi connectivity index (χ4n) is 2.06. The van der Waals surface area contributed by atoms with Crippen LogP contribution in [0.3, 0.4) is 0 Å². The van der Waals surface area contributed by atoms with Crippen molar-refractivity contribution in [1.82, 2.24) is 10.7 Å². The fourth-order valence-corrected chi connectivity index (χ4v) is 2.06. The molecule has 0 atom stereocenters. The van der Waals surface area contributed by atoms with Crippen molar-refractivity contribution in [2.45, 2.75) is 45.4 Å². The quantitative estimate of drug-likeness (QED) is 0.252. The highest BCUT2D eigenvalue weighted by atomic mass is 16.5. The van der Waals surface area contributed by atoms with Crippen LogP contribution in [0.4, 0.5) is 0 Å². The second-order valence-electron chi connectivity index (χ2n) is 5.33. The number of amides is 2. The fraction of sp³-hybridized carbons (Fsp3) is 0.529. The van der Waals surface area contributed by atoms with Gasteiger partial charge in [-0.15, -0.1) is 0 Å². The zero-order valence-electron chi connectivity index (χ0n) is 13.8. The van der Waals surface area contributed by atoms with Gasteiger partial charge in [-0.25, -0.2) is 5.84 Å². The van der Waals surface area contributed by atoms with Crippen molar-refractivity contribution < 1.29 is 14.3 Å². The van der Waals surface area contributed by atoms with Crippen molar-refractivity contribution in [3.8, 4) is 5.75 Å². The number of carbonyl (C=O) groups excluding carboxylic acids is 2. The topological polar surface area (TPSA) is 93.4 Å². The summed E-state index contributed by atoms with van der Waals surface area (Å²) in [5.41, 5.74) is 2.66. The van der Waals surface area contributed by atoms with E-state index in [0.29, 0.717) is 30.9 Å². The maximum absolute atomic E-state index is 12.2. The summed E-state index contributed by atoms with van der Waals surface area (Å²) < 4.78 is 5.67. The van der Waals surface area contributed by atoms with Crippen molar-refractivity contribution in [2.24, 2.45) is 5.84 Å². The first-order valence-corrected chi connectivity index (χ1v) is 8.18. The van der Waals surface area contributed by atoms with E-state index in [1.54, 1.807) is 6.07 Å². The van der Waals surface area contributed by atoms with Crippen molar-refractivity contribution in [1.29, 1.82) is 0 Å². The molecule has 128 valence electrons. The maximum atomic E-state index is 12.2. The molecule has 0 aliphatic heterocycles. The highest BCUT2D eigenvalue weighted by Crippen LogP contribution is 2.18. The van der Waals surface area contributed by atoms with Gasteiger partial charge in [-0.1, -0.05) is 31.9 Å². The molecule has 6 nitrogen and oxygen atoms in total. The summed E-state index contributed by atoms with van der Waals surface area (Å²) in [5, 5.41) is 2.89. The van der Waals surface area contributed by atoms with Crippen LogP contribution in [0.1, 0.15) is 55.8 Å². The molecule has 0 spiro atoms. The van der Waals surface area contributed by atoms with E-state index in [0.717, 1.165) is 32.1 Å². The summed E-state index contributed by atoms with van der Waals surface area (Å²) in [7, 11) is 0. The molecule has 4 N–H and O–H groups in total. The number of carbonyl (C=O) groups is 2. The molecular formula is C17H27N3O3. The van der Waals surface area contributed by atoms with Crippen LogP contribution in [0.25, 0.3) is 0 Å². The van der Waals surface area contributed by atoms with Crippen LogP contribution in [0.5, 0.6) is 5.75 Å². The van der Waals surface area contributed by atoms with E-state index < -0.39 is 0 Å². The molecule has 0 aliphatic carbocycles. The van der Waals surface area contributed by atoms with E-state index in [1.807, 2.05) is 18.2 Å². The minimum Gasteiger partial charge on any atom is -0.493 e. The summed E-state index contributed by atoms with van der Waals surface area (Å²) in [6, 6.07) is 7.27. The van der Waals surface area contributed by atoms with Crippen molar-refractivity contribution in [2.75, 3.05) is 13.2 Å². The number of nitrogens with two attached hydrogens (primary N) is 1. The Morgan fingerprint density at radius 2 is 1.91 bits per heavy atom. The monoisotopic (exact) mass is 321 g/mol. The number of ether oxygens (including phenoxy) is 1. The highest BCUT2D eigenvalue weighted by Gasteiger charge is 2.11. The lowest BCUT2D eigenvalue weighted by molar-refractivity contribution is -0.121. The SMILES string of the molecule is CCCCOc1ccccc1C(=O)NCCCCCC(=O)NN. The molecular weight excluding hydrogens is 294 g/mol. The van der Waals surface area contributed by atoms with Crippen LogP contribution in [0, 0.1) is 0 Å². The number of benzene rings is 1. The van der Waals surface area contributed by atoms with Gasteiger partial charge in [-0.3, -0.25) is 15.0 Å². The third-order valence-electron chi connectivity index (χ3n) is 3.41. The maximum Gasteiger partial charge on any atom is 0.255 e. The zero-order chi connectivity index (χ0) is 16.9. The van der Waals surface area contributed by atoms with E-state index in [4.69, 9.17) is 10.6 Å². The highest BCUT2D eigenvalue weighted by molar-refractivity contribution is 5.96. The Morgan fingerprint density at radius 1 is 1.13 bits per heavy atom. The van der Waals surface area contributed by atoms with Crippen LogP contribution < -0.4 is 21.3 Å². The van der Waals surface area contributed by atoms with Gasteiger partial charge in [-0.05, 0) is 31.4 Å². The largest absolute Gasteiger partial charge is 0.493 e. The summed E-state index contributed by atoms with van der Waals surface area (Å²) >= 11 is 0. The molecule has 0 aliphatic rings. The standard InChI is InChI=1S/C17H27N3O3/c1-2-3-13-23-15-10-7-6-9-14(15)17(22)19-12-8-4-5-11-16(21)20-18/h6-7,9-10H,2-5,8,11-13,18H2,1H3,(H,19,22)(H,20,21). The average Bonchev–Trinajstić information content (AvgIpc) is 2.58. The Hall–Kier alpha value is -2.08. The molecule has 0 unspecified atom stereocenters. The Balaban J connectivity index is 2.33. The summed E-state index contributed by atoms with van der Waals surface area (Å²) in [6.07, 6.45) is 4.88. The summed E-state index contributed by atoms with van der Waals surface area (Å²) in [5.74, 6) is 5.34. The number of unbranched alkanes of at least 4 members (excludes halogenated alkanes) is 3. The third kappa shape index (κ3) is 7.65. The Labute approximate surface area is 137 Å². The van der Waals surface area contributed by atoms with E-state index in [-0.39, 0.29) is 11.8 Å². The van der Waals surface area contributed by atoms with Crippen LogP contribution in [0.15, 0.2) is 24.3 Å². The van der Waals surface area contributed by atoms with Crippen molar-refractivity contribution in [3.05, 3.63) is 29.8 Å². The molecule has 0 bridgehead atoms. The molecule has 0 saturated heterocycles. The first-order chi connectivity index (χ1) is 11.2. The van der Waals surface area contributed by atoms with E-state index in [2.05, 4.69) is 17.7 Å². The van der Waals surface area contributed by atoms with Gasteiger partial charge < -0.3 is 10.1 Å². The molecule has 1 rings (SSSR count). The van der Waals surface area contributed by atoms with Crippen LogP contribution in [0.2, 0.25) is 0 Å². The van der Waals surface area contributed by atoms with Gasteiger partial charge in [0.25, 0.3) is 5.91 Å². The molecule has 0 saturated carbocycles. The third-order valence-corrected chi connectivity index (χ3v) is 3.41. The summed E-state index contributed by atoms with van der Waals surface area (Å²) in [6.45, 7) is 3.29. The molecule has 23 heavy (non-hydrogen) atoms. The van der Waals surface area contributed by atoms with Gasteiger partial charge in [0.05, 0.1) is 12.2 Å². The van der Waals surface area contributed by atoms with E-state index in [9.17, 15) is 9.59 Å². The average molecular weight is 321 g/mol. The number of hydrazine groups is 1. The number of rotatable bonds is 11. The zero-order valence-corrected chi connectivity index (χ0v) is 13.8. The molecule has 2 amide bonds. The van der Waals surface area contributed by atoms with Crippen LogP contribution >= 0.6 is 0 Å². The molecule has 1 aromatic rings. The first-order valence-electron chi connectivity index (χ1n) is 8.18. The molecule has 1 aromatic carbocycles. The summed E-state index contributed by atoms with van der Waals surface area (Å²) in [4.78, 5) is 23.2. The lowest BCUT2D eigenvalue weighted by Crippen LogP contribution is -2.29.